The molecule has 0 aliphatic rings. The van der Waals surface area contributed by atoms with Gasteiger partial charge in [-0.3, -0.25) is 0 Å². The maximum absolute atomic E-state index is 9.58. The molecule has 0 heterocycles. The van der Waals surface area contributed by atoms with Gasteiger partial charge in [0.05, 0.1) is 0 Å². The third-order valence-electron chi connectivity index (χ3n) is 2.61. The molecule has 2 N–H and O–H groups in total. The molecular formula is C8H22O4SiTi. The Labute approximate surface area is 92.6 Å². The van der Waals surface area contributed by atoms with Gasteiger partial charge < -0.3 is 0 Å². The van der Waals surface area contributed by atoms with E-state index in [0.29, 0.717) is 6.61 Å². The van der Waals surface area contributed by atoms with E-state index < -0.39 is 26.5 Å². The van der Waals surface area contributed by atoms with Crippen molar-refractivity contribution in [3.63, 3.8) is 0 Å². The third kappa shape index (κ3) is 4.53. The van der Waals surface area contributed by atoms with Crippen molar-refractivity contribution in [2.75, 3.05) is 6.61 Å². The van der Waals surface area contributed by atoms with Crippen molar-refractivity contribution >= 4 is 8.32 Å². The van der Waals surface area contributed by atoms with Gasteiger partial charge in [0.15, 0.2) is 0 Å². The standard InChI is InChI=1S/C6H15OSi.C2H5O.2H2O.Ti/c1-4-8(7,5-2)6-3;1-2-3;;;/h4-6H2,1-3H3;2H2,1H3;2*1H2;/q2*-1;;;+4/p-2. The molecule has 0 unspecified atom stereocenters. The molecule has 0 bridgehead atoms. The van der Waals surface area contributed by atoms with Gasteiger partial charge in [-0.1, -0.05) is 0 Å². The molecule has 0 aliphatic carbocycles. The SMILES string of the molecule is CC[O][Ti]([OH])([OH])[O][Si](CC)(CC)CC. The van der Waals surface area contributed by atoms with Crippen LogP contribution in [0.2, 0.25) is 18.1 Å². The summed E-state index contributed by atoms with van der Waals surface area (Å²) in [6.45, 7) is 8.17. The van der Waals surface area contributed by atoms with Crippen LogP contribution in [0.4, 0.5) is 0 Å². The molecule has 6 heteroatoms. The van der Waals surface area contributed by atoms with E-state index in [4.69, 9.17) is 6.33 Å². The second-order valence-corrected chi connectivity index (χ2v) is 11.1. The second kappa shape index (κ2) is 6.37. The Morgan fingerprint density at radius 3 is 1.71 bits per heavy atom. The van der Waals surface area contributed by atoms with E-state index in [2.05, 4.69) is 0 Å². The molecule has 0 atom stereocenters. The number of hydrogen-bond acceptors (Lipinski definition) is 4. The van der Waals surface area contributed by atoms with Crippen LogP contribution < -0.4 is 0 Å². The normalized spacial score (nSPS) is 13.3. The van der Waals surface area contributed by atoms with Crippen molar-refractivity contribution in [2.24, 2.45) is 0 Å². The molecule has 4 nitrogen and oxygen atoms in total. The van der Waals surface area contributed by atoms with E-state index in [0.717, 1.165) is 18.1 Å². The third-order valence-corrected chi connectivity index (χ3v) is 11.5. The first-order valence-electron chi connectivity index (χ1n) is 5.24. The van der Waals surface area contributed by atoms with Gasteiger partial charge in [0.25, 0.3) is 0 Å². The molecular weight excluding hydrogens is 236 g/mol. The van der Waals surface area contributed by atoms with E-state index in [-0.39, 0.29) is 0 Å². The molecule has 0 saturated carbocycles. The van der Waals surface area contributed by atoms with E-state index in [1.54, 1.807) is 6.92 Å². The zero-order chi connectivity index (χ0) is 11.2. The van der Waals surface area contributed by atoms with Gasteiger partial charge in [0, 0.05) is 0 Å². The maximum atomic E-state index is 9.58. The van der Waals surface area contributed by atoms with Gasteiger partial charge in [-0.25, -0.2) is 0 Å². The summed E-state index contributed by atoms with van der Waals surface area (Å²) in [7, 11) is -1.93. The molecule has 0 rings (SSSR count). The fraction of sp³-hybridized carbons (Fsp3) is 1.00. The summed E-state index contributed by atoms with van der Waals surface area (Å²) in [5.74, 6) is 0. The van der Waals surface area contributed by atoms with Crippen LogP contribution in [0, 0.1) is 0 Å². The van der Waals surface area contributed by atoms with Crippen molar-refractivity contribution in [2.45, 2.75) is 45.8 Å². The summed E-state index contributed by atoms with van der Waals surface area (Å²) < 4.78 is 29.6. The summed E-state index contributed by atoms with van der Waals surface area (Å²) in [6, 6.07) is 2.71. The molecule has 0 fully saturated rings. The Morgan fingerprint density at radius 2 is 1.43 bits per heavy atom. The molecule has 0 saturated heterocycles. The number of rotatable bonds is 7. The van der Waals surface area contributed by atoms with Gasteiger partial charge in [-0.05, 0) is 0 Å². The fourth-order valence-electron chi connectivity index (χ4n) is 1.47. The molecule has 0 spiro atoms. The quantitative estimate of drug-likeness (QED) is 0.684. The van der Waals surface area contributed by atoms with Crippen LogP contribution in [0.25, 0.3) is 0 Å². The minimum absolute atomic E-state index is 0.300. The van der Waals surface area contributed by atoms with Crippen molar-refractivity contribution in [3.8, 4) is 0 Å². The van der Waals surface area contributed by atoms with Crippen molar-refractivity contribution in [1.82, 2.24) is 0 Å². The van der Waals surface area contributed by atoms with Crippen LogP contribution >= 0.6 is 0 Å². The molecule has 0 radical (unpaired) electrons. The average Bonchev–Trinajstić information content (AvgIpc) is 2.14. The zero-order valence-electron chi connectivity index (χ0n) is 9.54. The molecule has 0 aliphatic heterocycles. The first kappa shape index (κ1) is 14.8. The van der Waals surface area contributed by atoms with Gasteiger partial charge in [-0.15, -0.1) is 0 Å². The number of hydrogen-bond donors (Lipinski definition) is 2. The van der Waals surface area contributed by atoms with E-state index in [9.17, 15) is 7.38 Å². The summed E-state index contributed by atoms with van der Waals surface area (Å²) >= 11 is -4.34. The molecule has 0 amide bonds. The predicted octanol–water partition coefficient (Wildman–Crippen LogP) is 1.84. The fourth-order valence-corrected chi connectivity index (χ4v) is 9.56. The van der Waals surface area contributed by atoms with Crippen LogP contribution in [0.15, 0.2) is 0 Å². The van der Waals surface area contributed by atoms with Gasteiger partial charge >= 0.3 is 92.6 Å². The van der Waals surface area contributed by atoms with Crippen molar-refractivity contribution in [1.29, 1.82) is 0 Å². The first-order chi connectivity index (χ1) is 6.45. The van der Waals surface area contributed by atoms with Gasteiger partial charge in [0.2, 0.25) is 0 Å². The molecule has 0 aromatic carbocycles. The molecule has 86 valence electrons. The summed E-state index contributed by atoms with van der Waals surface area (Å²) in [5, 5.41) is 0. The Morgan fingerprint density at radius 1 is 1.00 bits per heavy atom. The summed E-state index contributed by atoms with van der Waals surface area (Å²) in [6.07, 6.45) is 0. The second-order valence-electron chi connectivity index (χ2n) is 3.33. The summed E-state index contributed by atoms with van der Waals surface area (Å²) in [4.78, 5) is 0. The molecule has 0 aromatic rings. The Bertz CT molecular complexity index is 153. The van der Waals surface area contributed by atoms with Gasteiger partial charge in [-0.2, -0.15) is 0 Å². The first-order valence-corrected chi connectivity index (χ1v) is 10.4. The topological polar surface area (TPSA) is 58.9 Å². The van der Waals surface area contributed by atoms with Crippen LogP contribution in [0.3, 0.4) is 0 Å². The minimum atomic E-state index is -4.34. The molecule has 0 aromatic heterocycles. The van der Waals surface area contributed by atoms with Crippen LogP contribution in [-0.2, 0) is 24.5 Å². The van der Waals surface area contributed by atoms with Gasteiger partial charge in [0.1, 0.15) is 0 Å². The van der Waals surface area contributed by atoms with Crippen LogP contribution in [0.1, 0.15) is 27.7 Å². The van der Waals surface area contributed by atoms with Crippen LogP contribution in [0.5, 0.6) is 0 Å². The monoisotopic (exact) mass is 258 g/mol. The van der Waals surface area contributed by atoms with E-state index in [1.165, 1.54) is 0 Å². The van der Waals surface area contributed by atoms with Crippen molar-refractivity contribution < 1.29 is 31.8 Å². The molecule has 14 heavy (non-hydrogen) atoms. The average molecular weight is 258 g/mol. The zero-order valence-corrected chi connectivity index (χ0v) is 12.1. The Balaban J connectivity index is 4.41. The Hall–Kier alpha value is 0.771. The van der Waals surface area contributed by atoms with E-state index >= 15 is 0 Å². The van der Waals surface area contributed by atoms with Crippen LogP contribution in [-0.4, -0.2) is 22.3 Å². The predicted molar refractivity (Wildman–Crippen MR) is 54.3 cm³/mol. The van der Waals surface area contributed by atoms with Crippen molar-refractivity contribution in [3.05, 3.63) is 0 Å². The summed E-state index contributed by atoms with van der Waals surface area (Å²) in [5.41, 5.74) is 0. The Kier molecular flexibility index (Phi) is 6.73. The van der Waals surface area contributed by atoms with E-state index in [1.807, 2.05) is 20.8 Å².